The number of anilines is 1. The van der Waals surface area contributed by atoms with Gasteiger partial charge in [-0.25, -0.2) is 13.1 Å². The summed E-state index contributed by atoms with van der Waals surface area (Å²) in [5.41, 5.74) is 0.701. The van der Waals surface area contributed by atoms with Gasteiger partial charge in [0, 0.05) is 0 Å². The summed E-state index contributed by atoms with van der Waals surface area (Å²) in [4.78, 5) is 11.8. The van der Waals surface area contributed by atoms with Gasteiger partial charge in [-0.2, -0.15) is 5.10 Å². The van der Waals surface area contributed by atoms with Crippen LogP contribution in [0.3, 0.4) is 0 Å². The minimum atomic E-state index is -3.55. The van der Waals surface area contributed by atoms with Gasteiger partial charge in [0.25, 0.3) is 0 Å². The van der Waals surface area contributed by atoms with Crippen molar-refractivity contribution >= 4 is 32.5 Å². The number of rotatable bonds is 7. The minimum Gasteiger partial charge on any atom is -0.442 e. The molecule has 0 bridgehead atoms. The minimum absolute atomic E-state index is 0.0504. The quantitative estimate of drug-likeness (QED) is 0.596. The van der Waals surface area contributed by atoms with Gasteiger partial charge in [-0.05, 0) is 43.5 Å². The predicted molar refractivity (Wildman–Crippen MR) is 113 cm³/mol. The Bertz CT molecular complexity index is 1110. The summed E-state index contributed by atoms with van der Waals surface area (Å²) < 4.78 is 34.0. The molecule has 0 saturated carbocycles. The smallest absolute Gasteiger partial charge is 0.313 e. The molecule has 8 heteroatoms. The number of benzene rings is 2. The van der Waals surface area contributed by atoms with E-state index in [1.807, 2.05) is 42.5 Å². The van der Waals surface area contributed by atoms with Crippen LogP contribution in [0.4, 0.5) is 5.69 Å². The van der Waals surface area contributed by atoms with Gasteiger partial charge in [0.1, 0.15) is 0 Å². The van der Waals surface area contributed by atoms with E-state index >= 15 is 0 Å². The lowest BCUT2D eigenvalue weighted by molar-refractivity contribution is -0.157. The highest BCUT2D eigenvalue weighted by Gasteiger charge is 2.23. The molecule has 0 aliphatic rings. The van der Waals surface area contributed by atoms with E-state index in [-0.39, 0.29) is 18.5 Å². The number of nitrogens with one attached hydrogen (secondary N) is 1. The van der Waals surface area contributed by atoms with Gasteiger partial charge in [0.15, 0.2) is 6.73 Å². The van der Waals surface area contributed by atoms with Crippen LogP contribution in [-0.2, 0) is 32.7 Å². The topological polar surface area (TPSA) is 90.3 Å². The normalized spacial score (nSPS) is 12.1. The van der Waals surface area contributed by atoms with Crippen LogP contribution in [0.5, 0.6) is 0 Å². The summed E-state index contributed by atoms with van der Waals surface area (Å²) in [6.07, 6.45) is 3.28. The SMILES string of the molecule is CC(C)(C)C(=O)OCn1cc(NS(=O)(=O)CCc2cccc3ccccc23)cn1. The molecule has 0 unspecified atom stereocenters. The van der Waals surface area contributed by atoms with Crippen LogP contribution in [0.25, 0.3) is 10.8 Å². The molecule has 1 aromatic heterocycles. The zero-order chi connectivity index (χ0) is 21.1. The van der Waals surface area contributed by atoms with Gasteiger partial charge in [0.2, 0.25) is 10.0 Å². The molecule has 1 N–H and O–H groups in total. The predicted octanol–water partition coefficient (Wildman–Crippen LogP) is 3.57. The summed E-state index contributed by atoms with van der Waals surface area (Å²) in [6.45, 7) is 5.20. The van der Waals surface area contributed by atoms with Crippen LogP contribution in [-0.4, -0.2) is 29.9 Å². The number of aryl methyl sites for hydroxylation is 1. The highest BCUT2D eigenvalue weighted by Crippen LogP contribution is 2.20. The number of nitrogens with zero attached hydrogens (tertiary/aromatic N) is 2. The molecule has 7 nitrogen and oxygen atoms in total. The van der Waals surface area contributed by atoms with E-state index in [4.69, 9.17) is 4.74 Å². The second kappa shape index (κ2) is 8.24. The summed E-state index contributed by atoms with van der Waals surface area (Å²) in [7, 11) is -3.55. The van der Waals surface area contributed by atoms with Gasteiger partial charge in [0.05, 0.1) is 29.2 Å². The first kappa shape index (κ1) is 20.9. The van der Waals surface area contributed by atoms with Gasteiger partial charge >= 0.3 is 5.97 Å². The molecule has 0 aliphatic heterocycles. The van der Waals surface area contributed by atoms with E-state index in [2.05, 4.69) is 9.82 Å². The first-order valence-electron chi connectivity index (χ1n) is 9.31. The van der Waals surface area contributed by atoms with E-state index in [0.717, 1.165) is 16.3 Å². The number of carbonyl (C=O) groups excluding carboxylic acids is 1. The van der Waals surface area contributed by atoms with Gasteiger partial charge < -0.3 is 4.74 Å². The average molecular weight is 416 g/mol. The molecule has 1 heterocycles. The average Bonchev–Trinajstić information content (AvgIpc) is 3.10. The summed E-state index contributed by atoms with van der Waals surface area (Å²) in [6, 6.07) is 13.8. The molecule has 0 spiro atoms. The summed E-state index contributed by atoms with van der Waals surface area (Å²) in [5.74, 6) is -0.407. The number of fused-ring (bicyclic) bond motifs is 1. The molecule has 3 rings (SSSR count). The number of aromatic nitrogens is 2. The molecule has 2 aromatic carbocycles. The fraction of sp³-hybridized carbons (Fsp3) is 0.333. The Morgan fingerprint density at radius 1 is 1.14 bits per heavy atom. The molecule has 0 atom stereocenters. The van der Waals surface area contributed by atoms with Gasteiger partial charge in [-0.3, -0.25) is 9.52 Å². The van der Waals surface area contributed by atoms with Crippen molar-refractivity contribution < 1.29 is 17.9 Å². The van der Waals surface area contributed by atoms with Crippen LogP contribution < -0.4 is 4.72 Å². The molecule has 0 saturated heterocycles. The largest absolute Gasteiger partial charge is 0.442 e. The fourth-order valence-corrected chi connectivity index (χ4v) is 3.87. The first-order valence-corrected chi connectivity index (χ1v) is 11.0. The number of hydrogen-bond acceptors (Lipinski definition) is 5. The maximum atomic E-state index is 12.5. The maximum Gasteiger partial charge on any atom is 0.313 e. The summed E-state index contributed by atoms with van der Waals surface area (Å²) in [5, 5.41) is 6.17. The lowest BCUT2D eigenvalue weighted by atomic mass is 9.98. The molecule has 0 amide bonds. The second-order valence-electron chi connectivity index (χ2n) is 7.89. The van der Waals surface area contributed by atoms with Crippen molar-refractivity contribution in [3.8, 4) is 0 Å². The Morgan fingerprint density at radius 3 is 2.62 bits per heavy atom. The Morgan fingerprint density at radius 2 is 1.86 bits per heavy atom. The zero-order valence-corrected chi connectivity index (χ0v) is 17.6. The lowest BCUT2D eigenvalue weighted by Crippen LogP contribution is -2.24. The monoisotopic (exact) mass is 415 g/mol. The van der Waals surface area contributed by atoms with Crippen molar-refractivity contribution in [2.75, 3.05) is 10.5 Å². The van der Waals surface area contributed by atoms with E-state index in [1.165, 1.54) is 17.1 Å². The Labute approximate surface area is 170 Å². The Kier molecular flexibility index (Phi) is 5.93. The maximum absolute atomic E-state index is 12.5. The van der Waals surface area contributed by atoms with Gasteiger partial charge in [-0.1, -0.05) is 42.5 Å². The molecule has 3 aromatic rings. The third-order valence-electron chi connectivity index (χ3n) is 4.37. The summed E-state index contributed by atoms with van der Waals surface area (Å²) >= 11 is 0. The van der Waals surface area contributed by atoms with Crippen LogP contribution in [0, 0.1) is 5.41 Å². The number of hydrogen-bond donors (Lipinski definition) is 1. The van der Waals surface area contributed by atoms with Crippen molar-refractivity contribution in [2.24, 2.45) is 5.41 Å². The molecule has 154 valence electrons. The molecular weight excluding hydrogens is 390 g/mol. The van der Waals surface area contributed by atoms with Crippen LogP contribution in [0.2, 0.25) is 0 Å². The van der Waals surface area contributed by atoms with Crippen molar-refractivity contribution in [1.82, 2.24) is 9.78 Å². The highest BCUT2D eigenvalue weighted by atomic mass is 32.2. The van der Waals surface area contributed by atoms with Crippen molar-refractivity contribution in [3.05, 3.63) is 60.4 Å². The lowest BCUT2D eigenvalue weighted by Gasteiger charge is -2.16. The number of sulfonamides is 1. The van der Waals surface area contributed by atoms with E-state index < -0.39 is 15.4 Å². The molecule has 0 fully saturated rings. The van der Waals surface area contributed by atoms with Crippen molar-refractivity contribution in [3.63, 3.8) is 0 Å². The van der Waals surface area contributed by atoms with Crippen molar-refractivity contribution in [2.45, 2.75) is 33.9 Å². The first-order chi connectivity index (χ1) is 13.6. The highest BCUT2D eigenvalue weighted by molar-refractivity contribution is 7.92. The Hall–Kier alpha value is -2.87. The van der Waals surface area contributed by atoms with E-state index in [0.29, 0.717) is 12.1 Å². The third-order valence-corrected chi connectivity index (χ3v) is 5.66. The molecule has 29 heavy (non-hydrogen) atoms. The van der Waals surface area contributed by atoms with Crippen LogP contribution in [0.15, 0.2) is 54.9 Å². The van der Waals surface area contributed by atoms with Crippen LogP contribution >= 0.6 is 0 Å². The van der Waals surface area contributed by atoms with Crippen LogP contribution in [0.1, 0.15) is 26.3 Å². The van der Waals surface area contributed by atoms with Gasteiger partial charge in [-0.15, -0.1) is 0 Å². The second-order valence-corrected chi connectivity index (χ2v) is 9.73. The number of carbonyl (C=O) groups is 1. The fourth-order valence-electron chi connectivity index (χ4n) is 2.81. The molecule has 0 aliphatic carbocycles. The Balaban J connectivity index is 1.60. The number of ether oxygens (including phenoxy) is 1. The van der Waals surface area contributed by atoms with Crippen molar-refractivity contribution in [1.29, 1.82) is 0 Å². The standard InChI is InChI=1S/C21H25N3O4S/c1-21(2,3)20(25)28-15-24-14-18(13-22-24)23-29(26,27)12-11-17-9-6-8-16-7-4-5-10-19(16)17/h4-10,13-14,23H,11-12,15H2,1-3H3. The zero-order valence-electron chi connectivity index (χ0n) is 16.8. The van der Waals surface area contributed by atoms with E-state index in [9.17, 15) is 13.2 Å². The molecular formula is C21H25N3O4S. The number of esters is 1. The third kappa shape index (κ3) is 5.57. The molecule has 0 radical (unpaired) electrons. The van der Waals surface area contributed by atoms with E-state index in [1.54, 1.807) is 20.8 Å².